The maximum absolute atomic E-state index is 14.5. The Morgan fingerprint density at radius 1 is 0.622 bits per heavy atom. The number of ether oxygens (including phenoxy) is 11. The molecule has 3 aliphatic rings. The molecule has 3 atom stereocenters. The van der Waals surface area contributed by atoms with Gasteiger partial charge in [0.25, 0.3) is 5.91 Å². The van der Waals surface area contributed by atoms with Crippen molar-refractivity contribution in [1.29, 1.82) is 0 Å². The number of nitrogens with two attached hydrogens (primary N) is 2. The lowest BCUT2D eigenvalue weighted by Crippen LogP contribution is -2.70. The summed E-state index contributed by atoms with van der Waals surface area (Å²) in [5.41, 5.74) is 17.7. The lowest BCUT2D eigenvalue weighted by atomic mass is 9.91. The number of unbranched alkanes of at least 4 members (excludes halogenated alkanes) is 2. The number of morpholine rings is 1. The number of amides is 9. The van der Waals surface area contributed by atoms with Gasteiger partial charge in [-0.25, -0.2) is 9.78 Å². The van der Waals surface area contributed by atoms with Crippen molar-refractivity contribution in [2.24, 2.45) is 11.7 Å². The van der Waals surface area contributed by atoms with Crippen LogP contribution in [0.1, 0.15) is 100.0 Å². The number of nitrogens with one attached hydrogen (secondary N) is 7. The number of hydrogen-bond acceptors (Lipinski definition) is 24. The molecule has 6 aromatic rings. The standard InChI is InChI=1S/C85H117N15O19/c1-6-7-12-31-88-79-78-68(94-83(86)96-79)29-33-98(78)54-65-20-19-61(51-72(65)110-5)53-97-57-85(58-97)59-99(34-36-119-85)76(104)56-118-67-25-23-66(24-26-67)91-80(105)69(17-13-32-89-84(87)108)93-82(107)77(60(2)3)95-81(106)70(92-74(102)27-28-75(103)100-55-64-16-9-8-14-62(64)21-22-63-15-10-11-18-71(63)100)52-90-73(101)30-35-111-39-40-113-43-44-115-47-48-117-50-49-116-46-45-114-42-41-112-38-37-109-4/h8-11,14-16,18-20,23-26,29,33,51,60,69-70,77H,6-7,12-13,17,27-28,30-32,34-50,52-59H2,1-5H3,(H,90,101)(H,91,105)(H,92,102)(H,93,107)(H,95,106)(H3,87,89,108)(H3,86,88,94,96)/t69-,70-,77-/m0/s1. The number of primary amides is 1. The summed E-state index contributed by atoms with van der Waals surface area (Å²) in [7, 11) is 3.29. The number of carbonyl (C=O) groups is 8. The lowest BCUT2D eigenvalue weighted by molar-refractivity contribution is -0.191. The summed E-state index contributed by atoms with van der Waals surface area (Å²) < 4.78 is 63.9. The predicted octanol–water partition coefficient (Wildman–Crippen LogP) is 4.66. The zero-order valence-corrected chi connectivity index (χ0v) is 69.0. The number of nitrogens with zero attached hydrogens (tertiary/aromatic N) is 6. The van der Waals surface area contributed by atoms with E-state index in [4.69, 9.17) is 63.6 Å². The van der Waals surface area contributed by atoms with Crippen LogP contribution >= 0.6 is 0 Å². The van der Waals surface area contributed by atoms with Gasteiger partial charge in [0.05, 0.1) is 144 Å². The fraction of sp³-hybridized carbons (Fsp3) is 0.529. The van der Waals surface area contributed by atoms with Gasteiger partial charge < -0.3 is 115 Å². The highest BCUT2D eigenvalue weighted by Crippen LogP contribution is 2.34. The van der Waals surface area contributed by atoms with Crippen molar-refractivity contribution in [3.8, 4) is 23.3 Å². The van der Waals surface area contributed by atoms with Crippen LogP contribution in [0.15, 0.2) is 103 Å². The van der Waals surface area contributed by atoms with E-state index in [-0.39, 0.29) is 89.4 Å². The van der Waals surface area contributed by atoms with E-state index < -0.39 is 71.8 Å². The molecule has 0 aliphatic carbocycles. The van der Waals surface area contributed by atoms with Gasteiger partial charge in [-0.15, -0.1) is 0 Å². The van der Waals surface area contributed by atoms with E-state index in [9.17, 15) is 38.4 Å². The molecular weight excluding hydrogens is 1540 g/mol. The summed E-state index contributed by atoms with van der Waals surface area (Å²) in [6.45, 7) is 15.0. The minimum absolute atomic E-state index is 0.00324. The first kappa shape index (κ1) is 92.3. The summed E-state index contributed by atoms with van der Waals surface area (Å²) in [5.74, 6) is 3.69. The summed E-state index contributed by atoms with van der Waals surface area (Å²) in [4.78, 5) is 125. The normalized spacial score (nSPS) is 14.2. The average molecular weight is 1650 g/mol. The van der Waals surface area contributed by atoms with E-state index in [1.165, 1.54) is 0 Å². The quantitative estimate of drug-likeness (QED) is 0.0185. The molecule has 0 bridgehead atoms. The highest BCUT2D eigenvalue weighted by molar-refractivity contribution is 6.00. The second-order valence-corrected chi connectivity index (χ2v) is 29.3. The maximum atomic E-state index is 14.5. The Morgan fingerprint density at radius 3 is 1.94 bits per heavy atom. The van der Waals surface area contributed by atoms with Gasteiger partial charge in [-0.05, 0) is 90.9 Å². The maximum Gasteiger partial charge on any atom is 0.312 e. The van der Waals surface area contributed by atoms with Crippen LogP contribution in [0.25, 0.3) is 11.0 Å². The first-order valence-corrected chi connectivity index (χ1v) is 40.7. The fourth-order valence-electron chi connectivity index (χ4n) is 13.6. The van der Waals surface area contributed by atoms with Crippen molar-refractivity contribution in [1.82, 2.24) is 50.9 Å². The van der Waals surface area contributed by atoms with Crippen molar-refractivity contribution >= 4 is 81.6 Å². The number of benzene rings is 4. The molecule has 2 fully saturated rings. The van der Waals surface area contributed by atoms with E-state index >= 15 is 0 Å². The number of carbonyl (C=O) groups excluding carboxylic acids is 8. The van der Waals surface area contributed by atoms with Gasteiger partial charge in [-0.1, -0.05) is 87.9 Å². The SMILES string of the molecule is CCCCCNc1nc(N)nc2ccn(Cc3ccc(CN4CC5(C4)CN(C(=O)COc4ccc(NC(=O)[C@H](CCCNC(N)=O)NC(=O)[C@@H](NC(=O)[C@H](CNC(=O)CCOCCOCCOCCOCCOCCOCCOCCOC)NC(=O)CCC(=O)N6Cc7ccccc7C#Cc7ccccc76)C(C)C)cc4)CCO5)cc3OC)c12. The zero-order valence-electron chi connectivity index (χ0n) is 69.0. The Kier molecular flexibility index (Phi) is 38.6. The van der Waals surface area contributed by atoms with E-state index in [1.807, 2.05) is 48.7 Å². The number of anilines is 4. The molecule has 34 nitrogen and oxygen atoms in total. The number of nitrogen functional groups attached to an aromatic ring is 1. The van der Waals surface area contributed by atoms with Crippen LogP contribution < -0.4 is 63.1 Å². The van der Waals surface area contributed by atoms with Gasteiger partial charge in [0.2, 0.25) is 41.4 Å². The number of aromatic nitrogens is 3. The molecular formula is C85H117N15O19. The van der Waals surface area contributed by atoms with Gasteiger partial charge in [0.15, 0.2) is 12.4 Å². The van der Waals surface area contributed by atoms with Gasteiger partial charge in [-0.3, -0.25) is 38.5 Å². The van der Waals surface area contributed by atoms with E-state index in [0.717, 1.165) is 64.8 Å². The minimum atomic E-state index is -1.47. The smallest absolute Gasteiger partial charge is 0.312 e. The van der Waals surface area contributed by atoms with Crippen LogP contribution in [0, 0.1) is 17.8 Å². The first-order valence-electron chi connectivity index (χ1n) is 40.7. The van der Waals surface area contributed by atoms with Crippen LogP contribution in [0.3, 0.4) is 0 Å². The molecule has 0 saturated carbocycles. The number of rotatable bonds is 54. The lowest BCUT2D eigenvalue weighted by Gasteiger charge is -2.54. The summed E-state index contributed by atoms with van der Waals surface area (Å²) in [5, 5.41) is 19.7. The number of para-hydroxylation sites is 1. The molecule has 5 heterocycles. The molecule has 9 amide bonds. The van der Waals surface area contributed by atoms with E-state index in [0.29, 0.717) is 154 Å². The average Bonchev–Trinajstić information content (AvgIpc) is 1.68. The third-order valence-corrected chi connectivity index (χ3v) is 19.8. The van der Waals surface area contributed by atoms with Crippen LogP contribution in [-0.2, 0) is 95.8 Å². The number of likely N-dealkylation sites (tertiary alicyclic amines) is 1. The first-order chi connectivity index (χ1) is 57.8. The largest absolute Gasteiger partial charge is 0.496 e. The topological polar surface area (TPSA) is 415 Å². The molecule has 3 aliphatic heterocycles. The molecule has 119 heavy (non-hydrogen) atoms. The van der Waals surface area contributed by atoms with Crippen LogP contribution in [0.4, 0.5) is 27.9 Å². The second kappa shape index (κ2) is 49.7. The Balaban J connectivity index is 0.736. The number of fused-ring (bicyclic) bond motifs is 3. The zero-order chi connectivity index (χ0) is 84.6. The van der Waals surface area contributed by atoms with Crippen LogP contribution in [0.5, 0.6) is 11.5 Å². The van der Waals surface area contributed by atoms with Gasteiger partial charge in [0, 0.05) is 101 Å². The minimum Gasteiger partial charge on any atom is -0.496 e. The molecule has 11 N–H and O–H groups in total. The number of hydrogen-bond donors (Lipinski definition) is 9. The Morgan fingerprint density at radius 2 is 1.28 bits per heavy atom. The van der Waals surface area contributed by atoms with E-state index in [1.54, 1.807) is 74.3 Å². The number of methoxy groups -OCH3 is 2. The fourth-order valence-corrected chi connectivity index (χ4v) is 13.6. The summed E-state index contributed by atoms with van der Waals surface area (Å²) in [6.07, 6.45) is 4.65. The van der Waals surface area contributed by atoms with Crippen molar-refractivity contribution in [2.75, 3.05) is 194 Å². The van der Waals surface area contributed by atoms with E-state index in [2.05, 4.69) is 93.6 Å². The summed E-state index contributed by atoms with van der Waals surface area (Å²) >= 11 is 0. The Hall–Kier alpha value is -10.6. The van der Waals surface area contributed by atoms with Crippen molar-refractivity contribution in [3.63, 3.8) is 0 Å². The Labute approximate surface area is 695 Å². The monoisotopic (exact) mass is 1650 g/mol. The third kappa shape index (κ3) is 30.6. The van der Waals surface area contributed by atoms with Crippen molar-refractivity contribution in [2.45, 2.75) is 115 Å². The molecule has 9 rings (SSSR count). The second-order valence-electron chi connectivity index (χ2n) is 29.3. The van der Waals surface area contributed by atoms with Gasteiger partial charge >= 0.3 is 6.03 Å². The molecule has 1 spiro atoms. The molecule has 34 heteroatoms. The third-order valence-electron chi connectivity index (χ3n) is 19.8. The molecule has 2 saturated heterocycles. The van der Waals surface area contributed by atoms with Gasteiger partial charge in [0.1, 0.15) is 40.7 Å². The molecule has 0 radical (unpaired) electrons. The molecule has 4 aromatic carbocycles. The number of urea groups is 1. The highest BCUT2D eigenvalue weighted by Gasteiger charge is 2.48. The van der Waals surface area contributed by atoms with Crippen molar-refractivity contribution < 1.29 is 90.5 Å². The van der Waals surface area contributed by atoms with Crippen molar-refractivity contribution in [3.05, 3.63) is 131 Å². The predicted molar refractivity (Wildman–Crippen MR) is 445 cm³/mol. The molecule has 0 unspecified atom stereocenters. The molecule has 2 aromatic heterocycles. The highest BCUT2D eigenvalue weighted by atomic mass is 16.6. The van der Waals surface area contributed by atoms with Crippen LogP contribution in [0.2, 0.25) is 0 Å². The van der Waals surface area contributed by atoms with Gasteiger partial charge in [-0.2, -0.15) is 4.98 Å². The van der Waals surface area contributed by atoms with Crippen LogP contribution in [-0.4, -0.2) is 268 Å². The Bertz CT molecular complexity index is 4300. The molecule has 646 valence electrons. The summed E-state index contributed by atoms with van der Waals surface area (Å²) in [6, 6.07) is 24.4.